The standard InChI is InChI=1S/C13H17NO3/c1-17-12-5-3-2-4-11(12)13(16)14-7-6-10(8-14)9-15/h2-5,10,15H,6-9H2,1H3/t10-/m0/s1. The van der Waals surface area contributed by atoms with Gasteiger partial charge in [-0.05, 0) is 18.6 Å². The zero-order valence-electron chi connectivity index (χ0n) is 9.93. The molecule has 4 heteroatoms. The van der Waals surface area contributed by atoms with E-state index in [9.17, 15) is 4.79 Å². The molecule has 2 rings (SSSR count). The Morgan fingerprint density at radius 1 is 1.53 bits per heavy atom. The van der Waals surface area contributed by atoms with Crippen molar-refractivity contribution in [2.24, 2.45) is 5.92 Å². The Bertz CT molecular complexity index is 405. The lowest BCUT2D eigenvalue weighted by molar-refractivity contribution is 0.0778. The molecule has 1 atom stereocenters. The fourth-order valence-electron chi connectivity index (χ4n) is 2.16. The smallest absolute Gasteiger partial charge is 0.257 e. The third-order valence-electron chi connectivity index (χ3n) is 3.17. The van der Waals surface area contributed by atoms with Crippen molar-refractivity contribution in [1.29, 1.82) is 0 Å². The first kappa shape index (κ1) is 11.9. The van der Waals surface area contributed by atoms with E-state index in [-0.39, 0.29) is 18.4 Å². The third-order valence-corrected chi connectivity index (χ3v) is 3.17. The normalized spacial score (nSPS) is 19.4. The van der Waals surface area contributed by atoms with Gasteiger partial charge in [0.25, 0.3) is 5.91 Å². The number of carbonyl (C=O) groups is 1. The van der Waals surface area contributed by atoms with Crippen LogP contribution in [0.3, 0.4) is 0 Å². The van der Waals surface area contributed by atoms with Gasteiger partial charge < -0.3 is 14.7 Å². The van der Waals surface area contributed by atoms with Crippen LogP contribution in [0.25, 0.3) is 0 Å². The number of aliphatic hydroxyl groups is 1. The van der Waals surface area contributed by atoms with Gasteiger partial charge in [-0.2, -0.15) is 0 Å². The number of likely N-dealkylation sites (tertiary alicyclic amines) is 1. The molecule has 0 radical (unpaired) electrons. The minimum absolute atomic E-state index is 0.0154. The number of hydrogen-bond acceptors (Lipinski definition) is 3. The Kier molecular flexibility index (Phi) is 3.64. The number of benzene rings is 1. The van der Waals surface area contributed by atoms with Crippen LogP contribution >= 0.6 is 0 Å². The number of rotatable bonds is 3. The minimum Gasteiger partial charge on any atom is -0.496 e. The Labute approximate surface area is 101 Å². The highest BCUT2D eigenvalue weighted by Gasteiger charge is 2.27. The fourth-order valence-corrected chi connectivity index (χ4v) is 2.16. The van der Waals surface area contributed by atoms with Crippen molar-refractivity contribution >= 4 is 5.91 Å². The van der Waals surface area contributed by atoms with Crippen LogP contribution in [0.4, 0.5) is 0 Å². The molecule has 1 aromatic rings. The Morgan fingerprint density at radius 2 is 2.29 bits per heavy atom. The number of aliphatic hydroxyl groups excluding tert-OH is 1. The quantitative estimate of drug-likeness (QED) is 0.855. The molecule has 0 spiro atoms. The number of nitrogens with zero attached hydrogens (tertiary/aromatic N) is 1. The predicted molar refractivity (Wildman–Crippen MR) is 64.1 cm³/mol. The molecule has 1 aliphatic heterocycles. The molecule has 1 N–H and O–H groups in total. The van der Waals surface area contributed by atoms with Crippen LogP contribution in [-0.4, -0.2) is 42.7 Å². The first-order chi connectivity index (χ1) is 8.26. The summed E-state index contributed by atoms with van der Waals surface area (Å²) < 4.78 is 5.18. The van der Waals surface area contributed by atoms with Gasteiger partial charge in [0.05, 0.1) is 12.7 Å². The Hall–Kier alpha value is -1.55. The number of amides is 1. The molecule has 0 aliphatic carbocycles. The van der Waals surface area contributed by atoms with Gasteiger partial charge in [-0.3, -0.25) is 4.79 Å². The summed E-state index contributed by atoms with van der Waals surface area (Å²) in [4.78, 5) is 14.0. The van der Waals surface area contributed by atoms with Crippen LogP contribution in [-0.2, 0) is 0 Å². The van der Waals surface area contributed by atoms with E-state index in [4.69, 9.17) is 9.84 Å². The maximum atomic E-state index is 12.3. The molecule has 0 bridgehead atoms. The summed E-state index contributed by atoms with van der Waals surface area (Å²) in [6, 6.07) is 7.23. The highest BCUT2D eigenvalue weighted by atomic mass is 16.5. The highest BCUT2D eigenvalue weighted by Crippen LogP contribution is 2.23. The molecule has 4 nitrogen and oxygen atoms in total. The molecule has 17 heavy (non-hydrogen) atoms. The lowest BCUT2D eigenvalue weighted by Crippen LogP contribution is -2.29. The van der Waals surface area contributed by atoms with Crippen LogP contribution in [0.2, 0.25) is 0 Å². The number of ether oxygens (including phenoxy) is 1. The first-order valence-electron chi connectivity index (χ1n) is 5.79. The SMILES string of the molecule is COc1ccccc1C(=O)N1CC[C@H](CO)C1. The van der Waals surface area contributed by atoms with Crippen LogP contribution in [0.5, 0.6) is 5.75 Å². The number of hydrogen-bond donors (Lipinski definition) is 1. The Balaban J connectivity index is 2.15. The van der Waals surface area contributed by atoms with Gasteiger partial charge in [0.2, 0.25) is 0 Å². The van der Waals surface area contributed by atoms with E-state index < -0.39 is 0 Å². The van der Waals surface area contributed by atoms with E-state index in [0.29, 0.717) is 24.4 Å². The second-order valence-corrected chi connectivity index (χ2v) is 4.29. The van der Waals surface area contributed by atoms with Crippen LogP contribution in [0, 0.1) is 5.92 Å². The summed E-state index contributed by atoms with van der Waals surface area (Å²) in [6.07, 6.45) is 0.872. The molecule has 1 heterocycles. The average Bonchev–Trinajstić information content (AvgIpc) is 2.86. The zero-order chi connectivity index (χ0) is 12.3. The largest absolute Gasteiger partial charge is 0.496 e. The molecular formula is C13H17NO3. The maximum Gasteiger partial charge on any atom is 0.257 e. The molecule has 0 saturated carbocycles. The van der Waals surface area contributed by atoms with Crippen LogP contribution in [0.15, 0.2) is 24.3 Å². The van der Waals surface area contributed by atoms with E-state index in [1.807, 2.05) is 12.1 Å². The minimum atomic E-state index is -0.0154. The molecular weight excluding hydrogens is 218 g/mol. The Morgan fingerprint density at radius 3 is 2.94 bits per heavy atom. The van der Waals surface area contributed by atoms with Gasteiger partial charge >= 0.3 is 0 Å². The topological polar surface area (TPSA) is 49.8 Å². The zero-order valence-corrected chi connectivity index (χ0v) is 9.93. The molecule has 1 fully saturated rings. The van der Waals surface area contributed by atoms with Crippen molar-refractivity contribution < 1.29 is 14.6 Å². The predicted octanol–water partition coefficient (Wildman–Crippen LogP) is 1.15. The van der Waals surface area contributed by atoms with Crippen LogP contribution < -0.4 is 4.74 Å². The summed E-state index contributed by atoms with van der Waals surface area (Å²) in [5.74, 6) is 0.803. The van der Waals surface area contributed by atoms with Gasteiger partial charge in [0, 0.05) is 25.6 Å². The van der Waals surface area contributed by atoms with E-state index in [1.54, 1.807) is 24.1 Å². The second-order valence-electron chi connectivity index (χ2n) is 4.29. The molecule has 1 aliphatic rings. The number of carbonyl (C=O) groups excluding carboxylic acids is 1. The summed E-state index contributed by atoms with van der Waals surface area (Å²) in [7, 11) is 1.56. The van der Waals surface area contributed by atoms with E-state index >= 15 is 0 Å². The monoisotopic (exact) mass is 235 g/mol. The van der Waals surface area contributed by atoms with Gasteiger partial charge in [-0.1, -0.05) is 12.1 Å². The second kappa shape index (κ2) is 5.19. The van der Waals surface area contributed by atoms with E-state index in [0.717, 1.165) is 6.42 Å². The lowest BCUT2D eigenvalue weighted by Gasteiger charge is -2.17. The molecule has 0 unspecified atom stereocenters. The fraction of sp³-hybridized carbons (Fsp3) is 0.462. The van der Waals surface area contributed by atoms with Crippen molar-refractivity contribution in [2.75, 3.05) is 26.8 Å². The molecule has 1 aromatic carbocycles. The van der Waals surface area contributed by atoms with Crippen molar-refractivity contribution in [2.45, 2.75) is 6.42 Å². The van der Waals surface area contributed by atoms with Gasteiger partial charge in [0.15, 0.2) is 0 Å². The summed E-state index contributed by atoms with van der Waals surface area (Å²) in [5.41, 5.74) is 0.591. The van der Waals surface area contributed by atoms with Crippen molar-refractivity contribution in [3.05, 3.63) is 29.8 Å². The summed E-state index contributed by atoms with van der Waals surface area (Å²) >= 11 is 0. The lowest BCUT2D eigenvalue weighted by atomic mass is 10.1. The van der Waals surface area contributed by atoms with E-state index in [2.05, 4.69) is 0 Å². The van der Waals surface area contributed by atoms with Gasteiger partial charge in [-0.15, -0.1) is 0 Å². The van der Waals surface area contributed by atoms with Crippen molar-refractivity contribution in [3.8, 4) is 5.75 Å². The highest BCUT2D eigenvalue weighted by molar-refractivity contribution is 5.97. The molecule has 1 amide bonds. The van der Waals surface area contributed by atoms with Gasteiger partial charge in [-0.25, -0.2) is 0 Å². The average molecular weight is 235 g/mol. The molecule has 0 aromatic heterocycles. The van der Waals surface area contributed by atoms with Crippen molar-refractivity contribution in [3.63, 3.8) is 0 Å². The van der Waals surface area contributed by atoms with Crippen molar-refractivity contribution in [1.82, 2.24) is 4.90 Å². The number of methoxy groups -OCH3 is 1. The third kappa shape index (κ3) is 2.42. The maximum absolute atomic E-state index is 12.3. The number of para-hydroxylation sites is 1. The van der Waals surface area contributed by atoms with E-state index in [1.165, 1.54) is 0 Å². The molecule has 92 valence electrons. The molecule has 1 saturated heterocycles. The first-order valence-corrected chi connectivity index (χ1v) is 5.79. The summed E-state index contributed by atoms with van der Waals surface area (Å²) in [6.45, 7) is 1.49. The van der Waals surface area contributed by atoms with Gasteiger partial charge in [0.1, 0.15) is 5.75 Å². The van der Waals surface area contributed by atoms with Crippen LogP contribution in [0.1, 0.15) is 16.8 Å². The summed E-state index contributed by atoms with van der Waals surface area (Å²) in [5, 5.41) is 9.07.